The molecule has 0 amide bonds. The van der Waals surface area contributed by atoms with E-state index in [4.69, 9.17) is 0 Å². The fourth-order valence-electron chi connectivity index (χ4n) is 3.72. The van der Waals surface area contributed by atoms with E-state index < -0.39 is 0 Å². The summed E-state index contributed by atoms with van der Waals surface area (Å²) in [5, 5.41) is 0. The Kier molecular flexibility index (Phi) is 4.42. The second kappa shape index (κ2) is 6.23. The minimum absolute atomic E-state index is 0. The fourth-order valence-corrected chi connectivity index (χ4v) is 3.72. The first kappa shape index (κ1) is 17.0. The van der Waals surface area contributed by atoms with E-state index in [2.05, 4.69) is 86.9 Å². The number of rotatable bonds is 1. The molecule has 0 N–H and O–H groups in total. The van der Waals surface area contributed by atoms with Gasteiger partial charge in [0.25, 0.3) is 0 Å². The topological polar surface area (TPSA) is 6.48 Å². The molecule has 0 saturated carbocycles. The van der Waals surface area contributed by atoms with E-state index in [0.717, 1.165) is 5.69 Å². The molecule has 2 aliphatic rings. The maximum atomic E-state index is 3.42. The molecule has 2 aromatic rings. The van der Waals surface area contributed by atoms with E-state index in [1.807, 2.05) is 6.07 Å². The van der Waals surface area contributed by atoms with Crippen molar-refractivity contribution in [2.45, 2.75) is 20.8 Å². The number of fused-ring (bicyclic) bond motifs is 3. The van der Waals surface area contributed by atoms with Crippen LogP contribution in [0.25, 0.3) is 17.2 Å². The van der Waals surface area contributed by atoms with Crippen LogP contribution in [-0.4, -0.2) is 11.9 Å². The van der Waals surface area contributed by atoms with Crippen molar-refractivity contribution in [3.8, 4) is 11.1 Å². The van der Waals surface area contributed by atoms with Crippen LogP contribution in [0.4, 0.5) is 5.69 Å². The Hall–Kier alpha value is -1.83. The van der Waals surface area contributed by atoms with Gasteiger partial charge in [0.1, 0.15) is 0 Å². The van der Waals surface area contributed by atoms with Crippen molar-refractivity contribution in [1.82, 2.24) is 4.90 Å². The monoisotopic (exact) mass is 493 g/mol. The van der Waals surface area contributed by atoms with E-state index >= 15 is 0 Å². The summed E-state index contributed by atoms with van der Waals surface area (Å²) in [5.74, 6) is 0. The molecule has 3 heteroatoms. The maximum Gasteiger partial charge on any atom is 0.0240 e. The molecule has 4 rings (SSSR count). The molecule has 2 heterocycles. The van der Waals surface area contributed by atoms with Gasteiger partial charge < -0.3 is 9.80 Å². The van der Waals surface area contributed by atoms with Gasteiger partial charge in [0, 0.05) is 25.8 Å². The van der Waals surface area contributed by atoms with Gasteiger partial charge in [-0.1, -0.05) is 29.5 Å². The van der Waals surface area contributed by atoms with Crippen molar-refractivity contribution >= 4 is 11.8 Å². The van der Waals surface area contributed by atoms with Gasteiger partial charge in [-0.2, -0.15) is 24.9 Å². The Morgan fingerprint density at radius 1 is 1.04 bits per heavy atom. The first-order valence-corrected chi connectivity index (χ1v) is 7.93. The second-order valence-corrected chi connectivity index (χ2v) is 6.47. The third kappa shape index (κ3) is 2.62. The van der Waals surface area contributed by atoms with E-state index in [-0.39, 0.29) is 20.1 Å². The second-order valence-electron chi connectivity index (χ2n) is 6.47. The Labute approximate surface area is 157 Å². The van der Waals surface area contributed by atoms with Crippen LogP contribution in [-0.2, 0) is 20.1 Å². The maximum absolute atomic E-state index is 3.42. The number of allylic oxidation sites excluding steroid dienone is 1. The smallest absolute Gasteiger partial charge is 0.0240 e. The molecule has 0 fully saturated rings. The summed E-state index contributed by atoms with van der Waals surface area (Å²) in [7, 11) is 2.05. The van der Waals surface area contributed by atoms with E-state index in [1.54, 1.807) is 0 Å². The summed E-state index contributed by atoms with van der Waals surface area (Å²) < 4.78 is 0. The molecular formula is C21H20IrN2-2. The van der Waals surface area contributed by atoms with Gasteiger partial charge in [0.15, 0.2) is 0 Å². The van der Waals surface area contributed by atoms with Crippen LogP contribution in [0.1, 0.15) is 22.3 Å². The zero-order chi connectivity index (χ0) is 16.1. The van der Waals surface area contributed by atoms with Crippen molar-refractivity contribution in [3.63, 3.8) is 0 Å². The summed E-state index contributed by atoms with van der Waals surface area (Å²) in [6, 6.07) is 12.2. The summed E-state index contributed by atoms with van der Waals surface area (Å²) in [4.78, 5) is 4.29. The quantitative estimate of drug-likeness (QED) is 0.527. The number of aryl methyl sites for hydroxylation is 3. The molecular weight excluding hydrogens is 472 g/mol. The third-order valence-corrected chi connectivity index (χ3v) is 4.54. The van der Waals surface area contributed by atoms with Crippen LogP contribution in [0.3, 0.4) is 0 Å². The van der Waals surface area contributed by atoms with E-state index in [0.29, 0.717) is 0 Å². The van der Waals surface area contributed by atoms with Gasteiger partial charge in [0.05, 0.1) is 0 Å². The molecule has 2 aliphatic heterocycles. The predicted octanol–water partition coefficient (Wildman–Crippen LogP) is 4.82. The van der Waals surface area contributed by atoms with Crippen LogP contribution < -0.4 is 4.90 Å². The molecule has 0 aliphatic carbocycles. The summed E-state index contributed by atoms with van der Waals surface area (Å²) in [6.45, 7) is 8.66. The number of nitrogens with zero attached hydrogens (tertiary/aromatic N) is 2. The zero-order valence-corrected chi connectivity index (χ0v) is 16.7. The van der Waals surface area contributed by atoms with Crippen LogP contribution in [0, 0.1) is 33.5 Å². The fraction of sp³-hybridized carbons (Fsp3) is 0.190. The van der Waals surface area contributed by atoms with Crippen molar-refractivity contribution < 1.29 is 20.1 Å². The van der Waals surface area contributed by atoms with Crippen LogP contribution >= 0.6 is 0 Å². The average Bonchev–Trinajstić information content (AvgIpc) is 2.87. The van der Waals surface area contributed by atoms with Gasteiger partial charge in [-0.25, -0.2) is 0 Å². The minimum atomic E-state index is 0. The molecule has 0 bridgehead atoms. The van der Waals surface area contributed by atoms with Crippen LogP contribution in [0.2, 0.25) is 0 Å². The zero-order valence-electron chi connectivity index (χ0n) is 14.3. The van der Waals surface area contributed by atoms with Crippen molar-refractivity contribution in [1.29, 1.82) is 0 Å². The number of benzene rings is 2. The van der Waals surface area contributed by atoms with Gasteiger partial charge in [-0.15, -0.1) is 17.2 Å². The third-order valence-electron chi connectivity index (χ3n) is 4.54. The van der Waals surface area contributed by atoms with Crippen molar-refractivity contribution in [3.05, 3.63) is 77.2 Å². The van der Waals surface area contributed by atoms with Gasteiger partial charge in [-0.05, 0) is 50.7 Å². The molecule has 2 nitrogen and oxygen atoms in total. The number of anilines is 1. The van der Waals surface area contributed by atoms with Crippen LogP contribution in [0.15, 0.2) is 42.2 Å². The molecule has 125 valence electrons. The number of hydrogen-bond donors (Lipinski definition) is 0. The molecule has 0 unspecified atom stereocenters. The molecule has 0 spiro atoms. The summed E-state index contributed by atoms with van der Waals surface area (Å²) in [6.07, 6.45) is 6.52. The Morgan fingerprint density at radius 2 is 1.75 bits per heavy atom. The summed E-state index contributed by atoms with van der Waals surface area (Å²) >= 11 is 0. The molecule has 2 aromatic carbocycles. The molecule has 0 atom stereocenters. The first-order chi connectivity index (χ1) is 11.0. The van der Waals surface area contributed by atoms with E-state index in [1.165, 1.54) is 39.1 Å². The number of hydrogen-bond acceptors (Lipinski definition) is 2. The van der Waals surface area contributed by atoms with Gasteiger partial charge in [-0.3, -0.25) is 0 Å². The van der Waals surface area contributed by atoms with E-state index in [9.17, 15) is 0 Å². The first-order valence-electron chi connectivity index (χ1n) is 7.93. The Bertz CT molecular complexity index is 841. The SMILES string of the molecule is Cc1cc(C)c(-c2cc[c-]c3c2C=CC2=CN(C)[CH-]N23)c(C)c1.[Ir]. The molecule has 1 radical (unpaired) electrons. The molecule has 24 heavy (non-hydrogen) atoms. The largest absolute Gasteiger partial charge is 0.510 e. The minimum Gasteiger partial charge on any atom is -0.510 e. The average molecular weight is 493 g/mol. The van der Waals surface area contributed by atoms with Gasteiger partial charge >= 0.3 is 0 Å². The molecule has 0 aromatic heterocycles. The predicted molar refractivity (Wildman–Crippen MR) is 96.6 cm³/mol. The van der Waals surface area contributed by atoms with Gasteiger partial charge in [0.2, 0.25) is 0 Å². The Morgan fingerprint density at radius 3 is 2.46 bits per heavy atom. The Balaban J connectivity index is 0.00000169. The summed E-state index contributed by atoms with van der Waals surface area (Å²) in [5.41, 5.74) is 10.1. The normalized spacial score (nSPS) is 14.9. The molecule has 0 saturated heterocycles. The van der Waals surface area contributed by atoms with Crippen molar-refractivity contribution in [2.75, 3.05) is 11.9 Å². The standard InChI is InChI=1S/C21H20N2.Ir/c1-14-10-15(2)21(16(3)11-14)19-6-5-7-20-18(19)9-8-17-12-22(4)13-23(17)20;/h5-6,8-13H,1-4H3;/q-2;. The van der Waals surface area contributed by atoms with Crippen LogP contribution in [0.5, 0.6) is 0 Å². The van der Waals surface area contributed by atoms with Crippen molar-refractivity contribution in [2.24, 2.45) is 0 Å².